The molecule has 22 heavy (non-hydrogen) atoms. The van der Waals surface area contributed by atoms with Gasteiger partial charge in [0.2, 0.25) is 0 Å². The lowest BCUT2D eigenvalue weighted by Gasteiger charge is -2.23. The standard InChI is InChI=1S/C16H18N4O2/c21-15(19-11-4-3-8-17-10-11)12-6-7-14(20-16(12)22)13-5-1-2-9-18-13/h1-2,5-7,9,11,17H,3-4,8,10H2,(H,19,21)(H,20,22)/t11-/m0/s1. The second kappa shape index (κ2) is 6.53. The Labute approximate surface area is 128 Å². The van der Waals surface area contributed by atoms with Crippen molar-refractivity contribution in [1.29, 1.82) is 0 Å². The van der Waals surface area contributed by atoms with Gasteiger partial charge in [-0.2, -0.15) is 0 Å². The van der Waals surface area contributed by atoms with E-state index in [2.05, 4.69) is 20.6 Å². The molecule has 1 aliphatic rings. The SMILES string of the molecule is O=C(N[C@H]1CCCNC1)c1ccc(-c2ccccn2)[nH]c1=O. The summed E-state index contributed by atoms with van der Waals surface area (Å²) in [6.07, 6.45) is 3.62. The first-order valence-electron chi connectivity index (χ1n) is 7.40. The van der Waals surface area contributed by atoms with Crippen LogP contribution in [0.3, 0.4) is 0 Å². The molecule has 2 aromatic heterocycles. The summed E-state index contributed by atoms with van der Waals surface area (Å²) in [5.41, 5.74) is 0.999. The molecule has 1 amide bonds. The molecular formula is C16H18N4O2. The highest BCUT2D eigenvalue weighted by Gasteiger charge is 2.18. The normalized spacial score (nSPS) is 17.9. The van der Waals surface area contributed by atoms with E-state index >= 15 is 0 Å². The number of H-pyrrole nitrogens is 1. The summed E-state index contributed by atoms with van der Waals surface area (Å²) < 4.78 is 0. The lowest BCUT2D eigenvalue weighted by Crippen LogP contribution is -2.46. The molecule has 2 aromatic rings. The Kier molecular flexibility index (Phi) is 4.29. The molecule has 0 spiro atoms. The van der Waals surface area contributed by atoms with E-state index in [1.807, 2.05) is 12.1 Å². The minimum absolute atomic E-state index is 0.0797. The molecule has 3 N–H and O–H groups in total. The third-order valence-corrected chi connectivity index (χ3v) is 3.73. The van der Waals surface area contributed by atoms with Crippen LogP contribution >= 0.6 is 0 Å². The summed E-state index contributed by atoms with van der Waals surface area (Å²) in [6, 6.07) is 8.79. The van der Waals surface area contributed by atoms with Crippen LogP contribution in [0.15, 0.2) is 41.3 Å². The van der Waals surface area contributed by atoms with Gasteiger partial charge in [-0.1, -0.05) is 6.07 Å². The Balaban J connectivity index is 1.77. The van der Waals surface area contributed by atoms with Crippen molar-refractivity contribution < 1.29 is 4.79 Å². The number of rotatable bonds is 3. The predicted molar refractivity (Wildman–Crippen MR) is 83.7 cm³/mol. The van der Waals surface area contributed by atoms with Crippen LogP contribution in [0.1, 0.15) is 23.2 Å². The number of hydrogen-bond acceptors (Lipinski definition) is 4. The van der Waals surface area contributed by atoms with E-state index in [1.165, 1.54) is 0 Å². The van der Waals surface area contributed by atoms with Crippen LogP contribution in [0.25, 0.3) is 11.4 Å². The molecule has 1 aliphatic heterocycles. The van der Waals surface area contributed by atoms with Crippen molar-refractivity contribution >= 4 is 5.91 Å². The molecule has 0 aromatic carbocycles. The highest BCUT2D eigenvalue weighted by molar-refractivity contribution is 5.94. The van der Waals surface area contributed by atoms with Crippen LogP contribution in [0.5, 0.6) is 0 Å². The molecule has 3 rings (SSSR count). The van der Waals surface area contributed by atoms with Gasteiger partial charge in [0.1, 0.15) is 5.56 Å². The Morgan fingerprint density at radius 2 is 2.18 bits per heavy atom. The van der Waals surface area contributed by atoms with Crippen molar-refractivity contribution in [2.24, 2.45) is 0 Å². The fraction of sp³-hybridized carbons (Fsp3) is 0.312. The summed E-state index contributed by atoms with van der Waals surface area (Å²) in [4.78, 5) is 31.2. The highest BCUT2D eigenvalue weighted by atomic mass is 16.2. The van der Waals surface area contributed by atoms with Crippen molar-refractivity contribution in [2.75, 3.05) is 13.1 Å². The van der Waals surface area contributed by atoms with Gasteiger partial charge in [-0.3, -0.25) is 14.6 Å². The minimum atomic E-state index is -0.399. The fourth-order valence-electron chi connectivity index (χ4n) is 2.56. The molecule has 0 bridgehead atoms. The molecular weight excluding hydrogens is 280 g/mol. The van der Waals surface area contributed by atoms with Gasteiger partial charge >= 0.3 is 0 Å². The third-order valence-electron chi connectivity index (χ3n) is 3.73. The lowest BCUT2D eigenvalue weighted by molar-refractivity contribution is 0.0929. The Bertz CT molecular complexity index is 706. The predicted octanol–water partition coefficient (Wildman–Crippen LogP) is 0.919. The van der Waals surface area contributed by atoms with Gasteiger partial charge in [-0.15, -0.1) is 0 Å². The molecule has 0 aliphatic carbocycles. The first kappa shape index (κ1) is 14.5. The molecule has 6 heteroatoms. The Morgan fingerprint density at radius 1 is 1.27 bits per heavy atom. The van der Waals surface area contributed by atoms with Crippen molar-refractivity contribution in [2.45, 2.75) is 18.9 Å². The van der Waals surface area contributed by atoms with Gasteiger partial charge in [-0.25, -0.2) is 0 Å². The first-order valence-corrected chi connectivity index (χ1v) is 7.40. The van der Waals surface area contributed by atoms with E-state index < -0.39 is 5.56 Å². The maximum absolute atomic E-state index is 12.2. The van der Waals surface area contributed by atoms with Crippen LogP contribution in [0, 0.1) is 0 Å². The quantitative estimate of drug-likeness (QED) is 0.786. The average molecular weight is 298 g/mol. The number of piperidine rings is 1. The van der Waals surface area contributed by atoms with Gasteiger partial charge in [-0.05, 0) is 43.7 Å². The molecule has 1 atom stereocenters. The summed E-state index contributed by atoms with van der Waals surface area (Å²) in [5, 5.41) is 6.13. The third kappa shape index (κ3) is 3.23. The number of amides is 1. The number of aromatic amines is 1. The fourth-order valence-corrected chi connectivity index (χ4v) is 2.56. The van der Waals surface area contributed by atoms with Crippen molar-refractivity contribution in [1.82, 2.24) is 20.6 Å². The van der Waals surface area contributed by atoms with E-state index in [9.17, 15) is 9.59 Å². The van der Waals surface area contributed by atoms with Gasteiger partial charge < -0.3 is 15.6 Å². The lowest BCUT2D eigenvalue weighted by atomic mass is 10.1. The van der Waals surface area contributed by atoms with Crippen molar-refractivity contribution in [3.05, 3.63) is 52.4 Å². The molecule has 3 heterocycles. The molecule has 0 radical (unpaired) electrons. The van der Waals surface area contributed by atoms with E-state index in [1.54, 1.807) is 24.4 Å². The largest absolute Gasteiger partial charge is 0.348 e. The number of pyridine rings is 2. The van der Waals surface area contributed by atoms with E-state index in [4.69, 9.17) is 0 Å². The minimum Gasteiger partial charge on any atom is -0.348 e. The van der Waals surface area contributed by atoms with E-state index in [-0.39, 0.29) is 17.5 Å². The van der Waals surface area contributed by atoms with E-state index in [0.29, 0.717) is 11.4 Å². The molecule has 1 saturated heterocycles. The molecule has 0 unspecified atom stereocenters. The monoisotopic (exact) mass is 298 g/mol. The second-order valence-electron chi connectivity index (χ2n) is 5.35. The van der Waals surface area contributed by atoms with Gasteiger partial charge in [0.25, 0.3) is 11.5 Å². The Morgan fingerprint density at radius 3 is 2.86 bits per heavy atom. The number of aromatic nitrogens is 2. The smallest absolute Gasteiger partial charge is 0.261 e. The van der Waals surface area contributed by atoms with Gasteiger partial charge in [0.15, 0.2) is 0 Å². The van der Waals surface area contributed by atoms with Crippen LogP contribution in [0.2, 0.25) is 0 Å². The van der Waals surface area contributed by atoms with E-state index in [0.717, 1.165) is 25.9 Å². The summed E-state index contributed by atoms with van der Waals surface area (Å²) in [5.74, 6) is -0.331. The van der Waals surface area contributed by atoms with Crippen molar-refractivity contribution in [3.8, 4) is 11.4 Å². The van der Waals surface area contributed by atoms with Crippen LogP contribution < -0.4 is 16.2 Å². The zero-order chi connectivity index (χ0) is 15.4. The Hall–Kier alpha value is -2.47. The topological polar surface area (TPSA) is 86.9 Å². The number of carbonyl (C=O) groups excluding carboxylic acids is 1. The maximum Gasteiger partial charge on any atom is 0.261 e. The number of nitrogens with zero attached hydrogens (tertiary/aromatic N) is 1. The number of nitrogens with one attached hydrogen (secondary N) is 3. The molecule has 6 nitrogen and oxygen atoms in total. The highest BCUT2D eigenvalue weighted by Crippen LogP contribution is 2.11. The first-order chi connectivity index (χ1) is 10.7. The summed E-state index contributed by atoms with van der Waals surface area (Å²) in [7, 11) is 0. The summed E-state index contributed by atoms with van der Waals surface area (Å²) >= 11 is 0. The zero-order valence-corrected chi connectivity index (χ0v) is 12.1. The number of hydrogen-bond donors (Lipinski definition) is 3. The van der Waals surface area contributed by atoms with Gasteiger partial charge in [0, 0.05) is 18.8 Å². The maximum atomic E-state index is 12.2. The van der Waals surface area contributed by atoms with Crippen LogP contribution in [-0.4, -0.2) is 35.0 Å². The molecule has 114 valence electrons. The zero-order valence-electron chi connectivity index (χ0n) is 12.1. The van der Waals surface area contributed by atoms with Crippen molar-refractivity contribution in [3.63, 3.8) is 0 Å². The molecule has 1 fully saturated rings. The summed E-state index contributed by atoms with van der Waals surface area (Å²) in [6.45, 7) is 1.72. The van der Waals surface area contributed by atoms with Gasteiger partial charge in [0.05, 0.1) is 11.4 Å². The number of carbonyl (C=O) groups is 1. The second-order valence-corrected chi connectivity index (χ2v) is 5.35. The van der Waals surface area contributed by atoms with Crippen LogP contribution in [-0.2, 0) is 0 Å². The average Bonchev–Trinajstić information content (AvgIpc) is 2.56. The van der Waals surface area contributed by atoms with Crippen LogP contribution in [0.4, 0.5) is 0 Å². The molecule has 0 saturated carbocycles.